The minimum absolute atomic E-state index is 0.127. The van der Waals surface area contributed by atoms with Gasteiger partial charge in [-0.1, -0.05) is 30.3 Å². The molecule has 0 aliphatic carbocycles. The molecule has 2 amide bonds. The molecule has 2 heterocycles. The van der Waals surface area contributed by atoms with E-state index >= 15 is 0 Å². The van der Waals surface area contributed by atoms with Crippen molar-refractivity contribution in [2.45, 2.75) is 26.4 Å². The molecule has 4 rings (SSSR count). The van der Waals surface area contributed by atoms with Gasteiger partial charge in [0.1, 0.15) is 12.3 Å². The van der Waals surface area contributed by atoms with Crippen molar-refractivity contribution in [2.75, 3.05) is 5.32 Å². The number of aryl methyl sites for hydroxylation is 1. The summed E-state index contributed by atoms with van der Waals surface area (Å²) in [6, 6.07) is 18.7. The summed E-state index contributed by atoms with van der Waals surface area (Å²) < 4.78 is 7.27. The van der Waals surface area contributed by atoms with Crippen molar-refractivity contribution in [3.63, 3.8) is 0 Å². The van der Waals surface area contributed by atoms with Gasteiger partial charge in [-0.2, -0.15) is 5.10 Å². The van der Waals surface area contributed by atoms with Gasteiger partial charge in [0.25, 0.3) is 0 Å². The van der Waals surface area contributed by atoms with Crippen molar-refractivity contribution < 1.29 is 14.0 Å². The monoisotopic (exact) mass is 429 g/mol. The van der Waals surface area contributed by atoms with Crippen LogP contribution in [0.5, 0.6) is 0 Å². The van der Waals surface area contributed by atoms with E-state index in [-0.39, 0.29) is 24.8 Å². The number of rotatable bonds is 8. The highest BCUT2D eigenvalue weighted by Crippen LogP contribution is 2.21. The second-order valence-electron chi connectivity index (χ2n) is 7.29. The Balaban J connectivity index is 1.31. The summed E-state index contributed by atoms with van der Waals surface area (Å²) in [6.45, 7) is 2.28. The maximum Gasteiger partial charge on any atom is 0.246 e. The maximum absolute atomic E-state index is 12.5. The van der Waals surface area contributed by atoms with E-state index in [1.807, 2.05) is 48.5 Å². The molecule has 32 heavy (non-hydrogen) atoms. The Kier molecular flexibility index (Phi) is 6.41. The van der Waals surface area contributed by atoms with Crippen LogP contribution in [0.3, 0.4) is 0 Å². The van der Waals surface area contributed by atoms with E-state index in [9.17, 15) is 9.59 Å². The molecule has 4 aromatic rings. The molecule has 162 valence electrons. The van der Waals surface area contributed by atoms with Gasteiger partial charge in [0.15, 0.2) is 0 Å². The van der Waals surface area contributed by atoms with Gasteiger partial charge in [0.05, 0.1) is 12.1 Å². The number of hydrogen-bond donors (Lipinski definition) is 2. The predicted octanol–water partition coefficient (Wildman–Crippen LogP) is 3.34. The van der Waals surface area contributed by atoms with Crippen LogP contribution in [0.15, 0.2) is 77.5 Å². The van der Waals surface area contributed by atoms with Gasteiger partial charge in [-0.15, -0.1) is 0 Å². The number of aromatic nitrogens is 3. The SMILES string of the molecule is Cc1oc(-c2ccccc2)nc1CC(=O)NCc1cccc(NC(=O)Cn2cccn2)c1. The summed E-state index contributed by atoms with van der Waals surface area (Å²) in [4.78, 5) is 29.1. The Bertz CT molecular complexity index is 1200. The zero-order valence-electron chi connectivity index (χ0n) is 17.6. The average Bonchev–Trinajstić information content (AvgIpc) is 3.43. The Morgan fingerprint density at radius 2 is 1.88 bits per heavy atom. The lowest BCUT2D eigenvalue weighted by atomic mass is 10.2. The molecule has 0 spiro atoms. The molecule has 0 aliphatic heterocycles. The van der Waals surface area contributed by atoms with Crippen molar-refractivity contribution in [1.29, 1.82) is 0 Å². The van der Waals surface area contributed by atoms with Crippen molar-refractivity contribution in [1.82, 2.24) is 20.1 Å². The van der Waals surface area contributed by atoms with E-state index in [4.69, 9.17) is 4.42 Å². The van der Waals surface area contributed by atoms with E-state index < -0.39 is 0 Å². The number of nitrogens with zero attached hydrogens (tertiary/aromatic N) is 3. The largest absolute Gasteiger partial charge is 0.441 e. The first-order valence-electron chi connectivity index (χ1n) is 10.2. The summed E-state index contributed by atoms with van der Waals surface area (Å²) in [5, 5.41) is 9.75. The molecule has 2 N–H and O–H groups in total. The second-order valence-corrected chi connectivity index (χ2v) is 7.29. The lowest BCUT2D eigenvalue weighted by Crippen LogP contribution is -2.25. The van der Waals surface area contributed by atoms with Crippen molar-refractivity contribution in [3.8, 4) is 11.5 Å². The third kappa shape index (κ3) is 5.48. The van der Waals surface area contributed by atoms with Crippen LogP contribution in [-0.4, -0.2) is 26.6 Å². The fraction of sp³-hybridized carbons (Fsp3) is 0.167. The Morgan fingerprint density at radius 3 is 2.66 bits per heavy atom. The quantitative estimate of drug-likeness (QED) is 0.447. The lowest BCUT2D eigenvalue weighted by molar-refractivity contribution is -0.120. The average molecular weight is 429 g/mol. The van der Waals surface area contributed by atoms with Crippen molar-refractivity contribution >= 4 is 17.5 Å². The van der Waals surface area contributed by atoms with E-state index in [2.05, 4.69) is 20.7 Å². The fourth-order valence-corrected chi connectivity index (χ4v) is 3.21. The van der Waals surface area contributed by atoms with Crippen molar-refractivity contribution in [2.24, 2.45) is 0 Å². The molecule has 0 unspecified atom stereocenters. The highest BCUT2D eigenvalue weighted by atomic mass is 16.4. The molecule has 2 aromatic heterocycles. The summed E-state index contributed by atoms with van der Waals surface area (Å²) in [7, 11) is 0. The molecule has 8 heteroatoms. The van der Waals surface area contributed by atoms with Gasteiger partial charge in [-0.25, -0.2) is 4.98 Å². The molecule has 8 nitrogen and oxygen atoms in total. The molecular weight excluding hydrogens is 406 g/mol. The first kappa shape index (κ1) is 21.0. The highest BCUT2D eigenvalue weighted by Gasteiger charge is 2.14. The molecule has 2 aromatic carbocycles. The summed E-state index contributed by atoms with van der Waals surface area (Å²) in [5.74, 6) is 0.796. The second kappa shape index (κ2) is 9.74. The minimum Gasteiger partial charge on any atom is -0.441 e. The van der Waals surface area contributed by atoms with Crippen LogP contribution in [0.1, 0.15) is 17.0 Å². The fourth-order valence-electron chi connectivity index (χ4n) is 3.21. The highest BCUT2D eigenvalue weighted by molar-refractivity contribution is 5.90. The Hall–Kier alpha value is -4.20. The molecular formula is C24H23N5O3. The minimum atomic E-state index is -0.175. The number of benzene rings is 2. The molecule has 0 aliphatic rings. The summed E-state index contributed by atoms with van der Waals surface area (Å²) in [5.41, 5.74) is 3.01. The van der Waals surface area contributed by atoms with Crippen LogP contribution in [0.2, 0.25) is 0 Å². The number of oxazole rings is 1. The number of amides is 2. The lowest BCUT2D eigenvalue weighted by Gasteiger charge is -2.09. The van der Waals surface area contributed by atoms with Crippen LogP contribution in [0.25, 0.3) is 11.5 Å². The van der Waals surface area contributed by atoms with Crippen LogP contribution in [0.4, 0.5) is 5.69 Å². The predicted molar refractivity (Wildman–Crippen MR) is 120 cm³/mol. The van der Waals surface area contributed by atoms with Gasteiger partial charge < -0.3 is 15.1 Å². The number of hydrogen-bond acceptors (Lipinski definition) is 5. The topological polar surface area (TPSA) is 102 Å². The molecule has 0 bridgehead atoms. The van der Waals surface area contributed by atoms with Gasteiger partial charge in [0.2, 0.25) is 17.7 Å². The normalized spacial score (nSPS) is 10.7. The Morgan fingerprint density at radius 1 is 1.03 bits per heavy atom. The third-order valence-electron chi connectivity index (χ3n) is 4.81. The Labute approximate surface area is 185 Å². The third-order valence-corrected chi connectivity index (χ3v) is 4.81. The van der Waals surface area contributed by atoms with Crippen LogP contribution < -0.4 is 10.6 Å². The smallest absolute Gasteiger partial charge is 0.246 e. The van der Waals surface area contributed by atoms with Gasteiger partial charge in [0, 0.05) is 30.2 Å². The first-order valence-corrected chi connectivity index (χ1v) is 10.2. The first-order chi connectivity index (χ1) is 15.6. The van der Waals surface area contributed by atoms with E-state index in [1.165, 1.54) is 0 Å². The summed E-state index contributed by atoms with van der Waals surface area (Å²) in [6.07, 6.45) is 3.48. The van der Waals surface area contributed by atoms with E-state index in [0.717, 1.165) is 11.1 Å². The standard InChI is InChI=1S/C24H23N5O3/c1-17-21(28-24(32-17)19-8-3-2-4-9-19)14-22(30)25-15-18-7-5-10-20(13-18)27-23(31)16-29-12-6-11-26-29/h2-13H,14-16H2,1H3,(H,25,30)(H,27,31). The maximum atomic E-state index is 12.5. The number of nitrogens with one attached hydrogen (secondary N) is 2. The van der Waals surface area contributed by atoms with Gasteiger partial charge >= 0.3 is 0 Å². The zero-order valence-corrected chi connectivity index (χ0v) is 17.6. The number of carbonyl (C=O) groups excluding carboxylic acids is 2. The number of carbonyl (C=O) groups is 2. The molecule has 0 radical (unpaired) electrons. The van der Waals surface area contributed by atoms with Crippen LogP contribution in [-0.2, 0) is 29.1 Å². The van der Waals surface area contributed by atoms with Crippen LogP contribution in [0, 0.1) is 6.92 Å². The molecule has 0 saturated heterocycles. The van der Waals surface area contributed by atoms with Gasteiger partial charge in [-0.05, 0) is 42.8 Å². The molecule has 0 fully saturated rings. The van der Waals surface area contributed by atoms with Crippen LogP contribution >= 0.6 is 0 Å². The molecule has 0 saturated carbocycles. The van der Waals surface area contributed by atoms with Gasteiger partial charge in [-0.3, -0.25) is 14.3 Å². The van der Waals surface area contributed by atoms with Crippen molar-refractivity contribution in [3.05, 3.63) is 90.1 Å². The van der Waals surface area contributed by atoms with E-state index in [1.54, 1.807) is 36.1 Å². The summed E-state index contributed by atoms with van der Waals surface area (Å²) >= 11 is 0. The van der Waals surface area contributed by atoms with E-state index in [0.29, 0.717) is 29.6 Å². The number of anilines is 1. The molecule has 0 atom stereocenters. The zero-order chi connectivity index (χ0) is 22.3.